The van der Waals surface area contributed by atoms with E-state index in [2.05, 4.69) is 31.2 Å². The van der Waals surface area contributed by atoms with Gasteiger partial charge in [-0.15, -0.1) is 0 Å². The summed E-state index contributed by atoms with van der Waals surface area (Å²) < 4.78 is 0. The summed E-state index contributed by atoms with van der Waals surface area (Å²) in [6.45, 7) is 0.251. The third-order valence-corrected chi connectivity index (χ3v) is 4.49. The highest BCUT2D eigenvalue weighted by molar-refractivity contribution is 5.98. The Morgan fingerprint density at radius 2 is 1.88 bits per heavy atom. The van der Waals surface area contributed by atoms with Gasteiger partial charge in [-0.25, -0.2) is 14.8 Å². The number of carboxylic acids is 2. The summed E-state index contributed by atoms with van der Waals surface area (Å²) in [5.41, 5.74) is 7.10. The summed E-state index contributed by atoms with van der Waals surface area (Å²) in [4.78, 5) is 54.5. The van der Waals surface area contributed by atoms with Crippen molar-refractivity contribution in [3.8, 4) is 0 Å². The minimum absolute atomic E-state index is 0.133. The molecule has 0 fully saturated rings. The zero-order chi connectivity index (χ0) is 23.3. The van der Waals surface area contributed by atoms with E-state index in [1.54, 1.807) is 12.1 Å². The first-order valence-electron chi connectivity index (χ1n) is 9.51. The summed E-state index contributed by atoms with van der Waals surface area (Å²) in [7, 11) is 0. The van der Waals surface area contributed by atoms with Crippen molar-refractivity contribution in [1.29, 1.82) is 0 Å². The Labute approximate surface area is 181 Å². The normalized spacial score (nSPS) is 15.5. The van der Waals surface area contributed by atoms with E-state index in [1.807, 2.05) is 0 Å². The van der Waals surface area contributed by atoms with E-state index in [0.29, 0.717) is 17.2 Å². The van der Waals surface area contributed by atoms with Crippen LogP contribution in [0.1, 0.15) is 39.4 Å². The molecule has 0 aliphatic carbocycles. The van der Waals surface area contributed by atoms with E-state index < -0.39 is 36.1 Å². The van der Waals surface area contributed by atoms with Crippen molar-refractivity contribution in [2.24, 2.45) is 5.73 Å². The van der Waals surface area contributed by atoms with Gasteiger partial charge in [-0.2, -0.15) is 0 Å². The van der Waals surface area contributed by atoms with Crippen LogP contribution < -0.4 is 27.0 Å². The first-order chi connectivity index (χ1) is 15.2. The van der Waals surface area contributed by atoms with Gasteiger partial charge in [0.15, 0.2) is 17.8 Å². The Bertz CT molecular complexity index is 1040. The van der Waals surface area contributed by atoms with Gasteiger partial charge in [0.05, 0.1) is 18.4 Å². The molecule has 2 heterocycles. The number of carbonyl (C=O) groups excluding carboxylic acids is 2. The maximum atomic E-state index is 12.3. The van der Waals surface area contributed by atoms with E-state index in [1.165, 1.54) is 18.3 Å². The van der Waals surface area contributed by atoms with E-state index in [0.717, 1.165) is 0 Å². The number of hydrogen-bond acceptors (Lipinski definition) is 9. The number of anilines is 2. The third-order valence-electron chi connectivity index (χ3n) is 4.49. The quantitative estimate of drug-likeness (QED) is 0.263. The SMILES string of the molecule is NC1NC(=O)c2nc(CNc3ccc(C(=O)N[C@@H](CCC(=O)O)C(=O)O)cc3)cnc2N1. The molecule has 168 valence electrons. The van der Waals surface area contributed by atoms with Gasteiger partial charge in [0.25, 0.3) is 11.8 Å². The summed E-state index contributed by atoms with van der Waals surface area (Å²) >= 11 is 0. The molecule has 13 nitrogen and oxygen atoms in total. The van der Waals surface area contributed by atoms with Gasteiger partial charge in [-0.1, -0.05) is 0 Å². The van der Waals surface area contributed by atoms with Crippen molar-refractivity contribution in [2.75, 3.05) is 10.6 Å². The Morgan fingerprint density at radius 3 is 2.53 bits per heavy atom. The van der Waals surface area contributed by atoms with Gasteiger partial charge < -0.3 is 31.5 Å². The Hall–Kier alpha value is -4.26. The van der Waals surface area contributed by atoms with Crippen LogP contribution in [0.2, 0.25) is 0 Å². The van der Waals surface area contributed by atoms with Crippen molar-refractivity contribution in [3.05, 3.63) is 47.4 Å². The zero-order valence-electron chi connectivity index (χ0n) is 16.7. The number of nitrogens with two attached hydrogens (primary N) is 1. The molecule has 1 aliphatic rings. The zero-order valence-corrected chi connectivity index (χ0v) is 16.7. The topological polar surface area (TPSA) is 209 Å². The molecular weight excluding hydrogens is 422 g/mol. The first-order valence-corrected chi connectivity index (χ1v) is 9.51. The lowest BCUT2D eigenvalue weighted by atomic mass is 10.1. The number of carbonyl (C=O) groups is 4. The number of nitrogens with one attached hydrogen (secondary N) is 4. The monoisotopic (exact) mass is 443 g/mol. The highest BCUT2D eigenvalue weighted by atomic mass is 16.4. The van der Waals surface area contributed by atoms with E-state index in [9.17, 15) is 19.2 Å². The molecule has 0 saturated carbocycles. The molecule has 2 amide bonds. The molecule has 2 aromatic rings. The van der Waals surface area contributed by atoms with Crippen molar-refractivity contribution >= 4 is 35.3 Å². The standard InChI is InChI=1S/C19H21N7O6/c20-19-25-15-14(17(30)26-19)23-11(8-22-15)7-21-10-3-1-9(2-4-10)16(29)24-12(18(31)32)5-6-13(27)28/h1-4,8,12,19,21H,5-7,20H2,(H,22,25)(H,24,29)(H,26,30)(H,27,28)(H,31,32)/t12-,19?/m0/s1. The molecule has 13 heteroatoms. The van der Waals surface area contributed by atoms with Gasteiger partial charge >= 0.3 is 11.9 Å². The molecule has 0 spiro atoms. The number of nitrogens with zero attached hydrogens (tertiary/aromatic N) is 2. The molecule has 0 radical (unpaired) electrons. The summed E-state index contributed by atoms with van der Waals surface area (Å²) in [6.07, 6.45) is 0.162. The Balaban J connectivity index is 1.58. The largest absolute Gasteiger partial charge is 0.481 e. The molecule has 32 heavy (non-hydrogen) atoms. The number of rotatable bonds is 9. The molecule has 8 N–H and O–H groups in total. The van der Waals surface area contributed by atoms with Crippen molar-refractivity contribution in [3.63, 3.8) is 0 Å². The van der Waals surface area contributed by atoms with Gasteiger partial charge in [-0.3, -0.25) is 20.1 Å². The molecule has 3 rings (SSSR count). The molecule has 0 saturated heterocycles. The maximum Gasteiger partial charge on any atom is 0.326 e. The van der Waals surface area contributed by atoms with Crippen LogP contribution >= 0.6 is 0 Å². The molecular formula is C19H21N7O6. The van der Waals surface area contributed by atoms with Crippen molar-refractivity contribution in [2.45, 2.75) is 31.7 Å². The number of benzene rings is 1. The van der Waals surface area contributed by atoms with Gasteiger partial charge in [0.1, 0.15) is 6.04 Å². The van der Waals surface area contributed by atoms with E-state index >= 15 is 0 Å². The molecule has 1 aromatic carbocycles. The fourth-order valence-electron chi connectivity index (χ4n) is 2.87. The average Bonchev–Trinajstić information content (AvgIpc) is 2.75. The second-order valence-corrected chi connectivity index (χ2v) is 6.88. The summed E-state index contributed by atoms with van der Waals surface area (Å²) in [5.74, 6) is -3.23. The predicted octanol–water partition coefficient (Wildman–Crippen LogP) is -0.466. The summed E-state index contributed by atoms with van der Waals surface area (Å²) in [6, 6.07) is 4.90. The highest BCUT2D eigenvalue weighted by Crippen LogP contribution is 2.16. The van der Waals surface area contributed by atoms with Crippen LogP contribution in [0.15, 0.2) is 30.5 Å². The smallest absolute Gasteiger partial charge is 0.326 e. The lowest BCUT2D eigenvalue weighted by Gasteiger charge is -2.23. The molecule has 1 aromatic heterocycles. The van der Waals surface area contributed by atoms with Crippen molar-refractivity contribution in [1.82, 2.24) is 20.6 Å². The Kier molecular flexibility index (Phi) is 6.80. The number of aliphatic carboxylic acids is 2. The van der Waals surface area contributed by atoms with Crippen LogP contribution in [0.25, 0.3) is 0 Å². The predicted molar refractivity (Wildman–Crippen MR) is 111 cm³/mol. The van der Waals surface area contributed by atoms with Crippen LogP contribution in [0.5, 0.6) is 0 Å². The number of amides is 2. The lowest BCUT2D eigenvalue weighted by molar-refractivity contribution is -0.140. The fourth-order valence-corrected chi connectivity index (χ4v) is 2.87. The number of carboxylic acid groups (broad SMARTS) is 2. The van der Waals surface area contributed by atoms with Crippen molar-refractivity contribution < 1.29 is 29.4 Å². The molecule has 0 bridgehead atoms. The van der Waals surface area contributed by atoms with E-state index in [4.69, 9.17) is 15.9 Å². The fraction of sp³-hybridized carbons (Fsp3) is 0.263. The summed E-state index contributed by atoms with van der Waals surface area (Å²) in [5, 5.41) is 28.5. The van der Waals surface area contributed by atoms with Crippen LogP contribution in [0.3, 0.4) is 0 Å². The van der Waals surface area contributed by atoms with E-state index in [-0.39, 0.29) is 30.6 Å². The highest BCUT2D eigenvalue weighted by Gasteiger charge is 2.24. The molecule has 1 unspecified atom stereocenters. The average molecular weight is 443 g/mol. The molecule has 1 aliphatic heterocycles. The molecule has 2 atom stereocenters. The number of hydrogen-bond donors (Lipinski definition) is 7. The first kappa shape index (κ1) is 22.4. The minimum atomic E-state index is -1.31. The number of fused-ring (bicyclic) bond motifs is 1. The van der Waals surface area contributed by atoms with Crippen LogP contribution in [0, 0.1) is 0 Å². The second kappa shape index (κ2) is 9.70. The maximum absolute atomic E-state index is 12.3. The number of aromatic nitrogens is 2. The van der Waals surface area contributed by atoms with Crippen LogP contribution in [-0.2, 0) is 16.1 Å². The van der Waals surface area contributed by atoms with Gasteiger partial charge in [0.2, 0.25) is 0 Å². The minimum Gasteiger partial charge on any atom is -0.481 e. The lowest BCUT2D eigenvalue weighted by Crippen LogP contribution is -2.51. The second-order valence-electron chi connectivity index (χ2n) is 6.88. The van der Waals surface area contributed by atoms with Gasteiger partial charge in [-0.05, 0) is 30.7 Å². The van der Waals surface area contributed by atoms with Crippen LogP contribution in [-0.4, -0.2) is 56.3 Å². The third kappa shape index (κ3) is 5.66. The van der Waals surface area contributed by atoms with Crippen LogP contribution in [0.4, 0.5) is 11.5 Å². The Morgan fingerprint density at radius 1 is 1.16 bits per heavy atom. The van der Waals surface area contributed by atoms with Gasteiger partial charge in [0, 0.05) is 17.7 Å².